The van der Waals surface area contributed by atoms with Crippen molar-refractivity contribution in [2.24, 2.45) is 5.73 Å². The fraction of sp³-hybridized carbons (Fsp3) is 0.250. The average Bonchev–Trinajstić information content (AvgIpc) is 2.97. The summed E-state index contributed by atoms with van der Waals surface area (Å²) >= 11 is 1.48. The first-order valence-corrected chi connectivity index (χ1v) is 7.80. The topological polar surface area (TPSA) is 84.2 Å². The molecule has 0 aliphatic heterocycles. The molecule has 2 rings (SSSR count). The van der Waals surface area contributed by atoms with E-state index >= 15 is 0 Å². The lowest BCUT2D eigenvalue weighted by Gasteiger charge is -2.17. The lowest BCUT2D eigenvalue weighted by molar-refractivity contribution is -0.116. The number of aryl methyl sites for hydroxylation is 1. The van der Waals surface area contributed by atoms with Crippen LogP contribution in [0.2, 0.25) is 0 Å². The molecular weight excluding hydrogens is 298 g/mol. The Labute approximate surface area is 133 Å². The van der Waals surface area contributed by atoms with Crippen molar-refractivity contribution < 1.29 is 9.59 Å². The van der Waals surface area contributed by atoms with Crippen LogP contribution in [-0.4, -0.2) is 11.9 Å². The van der Waals surface area contributed by atoms with E-state index in [1.165, 1.54) is 11.3 Å². The highest BCUT2D eigenvalue weighted by atomic mass is 32.1. The SMILES string of the molecule is Cc1cccc(NC(=O)CC(NC(N)=O)c2cccs2)c1C. The van der Waals surface area contributed by atoms with Crippen LogP contribution in [-0.2, 0) is 4.79 Å². The Morgan fingerprint density at radius 3 is 2.64 bits per heavy atom. The minimum absolute atomic E-state index is 0.136. The zero-order valence-electron chi connectivity index (χ0n) is 12.6. The Hall–Kier alpha value is -2.34. The van der Waals surface area contributed by atoms with E-state index in [9.17, 15) is 9.59 Å². The Bertz CT molecular complexity index is 668. The summed E-state index contributed by atoms with van der Waals surface area (Å²) in [7, 11) is 0. The van der Waals surface area contributed by atoms with Gasteiger partial charge in [-0.15, -0.1) is 11.3 Å². The van der Waals surface area contributed by atoms with Gasteiger partial charge in [0, 0.05) is 10.6 Å². The monoisotopic (exact) mass is 317 g/mol. The van der Waals surface area contributed by atoms with E-state index in [1.807, 2.05) is 49.6 Å². The minimum Gasteiger partial charge on any atom is -0.352 e. The number of carbonyl (C=O) groups excluding carboxylic acids is 2. The molecule has 4 N–H and O–H groups in total. The van der Waals surface area contributed by atoms with Gasteiger partial charge in [-0.1, -0.05) is 18.2 Å². The molecule has 1 aromatic carbocycles. The van der Waals surface area contributed by atoms with Crippen molar-refractivity contribution in [2.45, 2.75) is 26.3 Å². The van der Waals surface area contributed by atoms with Gasteiger partial charge in [-0.3, -0.25) is 4.79 Å². The second-order valence-corrected chi connectivity index (χ2v) is 6.06. The molecule has 1 heterocycles. The molecule has 0 aliphatic carbocycles. The summed E-state index contributed by atoms with van der Waals surface area (Å²) in [4.78, 5) is 24.3. The normalized spacial score (nSPS) is 11.7. The number of rotatable bonds is 5. The summed E-state index contributed by atoms with van der Waals surface area (Å²) in [6, 6.07) is 8.45. The van der Waals surface area contributed by atoms with E-state index in [2.05, 4.69) is 10.6 Å². The van der Waals surface area contributed by atoms with Gasteiger partial charge in [-0.05, 0) is 42.5 Å². The van der Waals surface area contributed by atoms with Gasteiger partial charge in [-0.2, -0.15) is 0 Å². The number of urea groups is 1. The van der Waals surface area contributed by atoms with Crippen molar-refractivity contribution in [3.05, 3.63) is 51.7 Å². The maximum Gasteiger partial charge on any atom is 0.312 e. The lowest BCUT2D eigenvalue weighted by atomic mass is 10.1. The summed E-state index contributed by atoms with van der Waals surface area (Å²) in [6.07, 6.45) is 0.136. The zero-order valence-corrected chi connectivity index (χ0v) is 13.4. The largest absolute Gasteiger partial charge is 0.352 e. The van der Waals surface area contributed by atoms with Gasteiger partial charge in [0.15, 0.2) is 0 Å². The smallest absolute Gasteiger partial charge is 0.312 e. The van der Waals surface area contributed by atoms with Crippen LogP contribution < -0.4 is 16.4 Å². The number of hydrogen-bond acceptors (Lipinski definition) is 3. The summed E-state index contributed by atoms with van der Waals surface area (Å²) in [5, 5.41) is 7.40. The molecule has 0 aliphatic rings. The maximum absolute atomic E-state index is 12.3. The summed E-state index contributed by atoms with van der Waals surface area (Å²) in [5.74, 6) is -0.166. The van der Waals surface area contributed by atoms with Gasteiger partial charge in [0.05, 0.1) is 12.5 Å². The lowest BCUT2D eigenvalue weighted by Crippen LogP contribution is -2.34. The van der Waals surface area contributed by atoms with Gasteiger partial charge < -0.3 is 16.4 Å². The van der Waals surface area contributed by atoms with Gasteiger partial charge >= 0.3 is 6.03 Å². The molecule has 0 saturated heterocycles. The molecule has 0 bridgehead atoms. The van der Waals surface area contributed by atoms with Crippen molar-refractivity contribution in [3.8, 4) is 0 Å². The van der Waals surface area contributed by atoms with Crippen LogP contribution in [0.5, 0.6) is 0 Å². The Morgan fingerprint density at radius 1 is 1.23 bits per heavy atom. The van der Waals surface area contributed by atoms with Crippen LogP contribution in [0, 0.1) is 13.8 Å². The Kier molecular flexibility index (Phi) is 5.16. The van der Waals surface area contributed by atoms with E-state index in [1.54, 1.807) is 0 Å². The van der Waals surface area contributed by atoms with E-state index in [4.69, 9.17) is 5.73 Å². The van der Waals surface area contributed by atoms with Gasteiger partial charge in [0.1, 0.15) is 0 Å². The van der Waals surface area contributed by atoms with E-state index in [-0.39, 0.29) is 12.3 Å². The molecule has 0 radical (unpaired) electrons. The second kappa shape index (κ2) is 7.09. The molecule has 2 aromatic rings. The van der Waals surface area contributed by atoms with Crippen molar-refractivity contribution in [3.63, 3.8) is 0 Å². The molecule has 0 fully saturated rings. The molecule has 22 heavy (non-hydrogen) atoms. The van der Waals surface area contributed by atoms with Crippen LogP contribution in [0.3, 0.4) is 0 Å². The number of benzene rings is 1. The number of thiophene rings is 1. The molecule has 1 atom stereocenters. The zero-order chi connectivity index (χ0) is 16.1. The summed E-state index contributed by atoms with van der Waals surface area (Å²) in [5.41, 5.74) is 8.13. The predicted molar refractivity (Wildman–Crippen MR) is 88.9 cm³/mol. The number of anilines is 1. The van der Waals surface area contributed by atoms with Gasteiger partial charge in [-0.25, -0.2) is 4.79 Å². The first kappa shape index (κ1) is 16.0. The third-order valence-corrected chi connectivity index (χ3v) is 4.46. The predicted octanol–water partition coefficient (Wildman–Crippen LogP) is 3.10. The number of primary amides is 1. The highest BCUT2D eigenvalue weighted by molar-refractivity contribution is 7.10. The number of amides is 3. The Balaban J connectivity index is 2.08. The van der Waals surface area contributed by atoms with Crippen LogP contribution in [0.4, 0.5) is 10.5 Å². The van der Waals surface area contributed by atoms with E-state index in [0.29, 0.717) is 0 Å². The summed E-state index contributed by atoms with van der Waals surface area (Å²) < 4.78 is 0. The van der Waals surface area contributed by atoms with Crippen LogP contribution in [0.1, 0.15) is 28.5 Å². The van der Waals surface area contributed by atoms with E-state index in [0.717, 1.165) is 21.7 Å². The molecule has 0 spiro atoms. The second-order valence-electron chi connectivity index (χ2n) is 5.08. The number of carbonyl (C=O) groups is 2. The van der Waals surface area contributed by atoms with Crippen LogP contribution in [0.15, 0.2) is 35.7 Å². The first-order chi connectivity index (χ1) is 10.5. The molecular formula is C16H19N3O2S. The standard InChI is InChI=1S/C16H19N3O2S/c1-10-5-3-6-12(11(10)2)18-15(20)9-13(19-16(17)21)14-7-4-8-22-14/h3-8,13H,9H2,1-2H3,(H,18,20)(H3,17,19,21). The Morgan fingerprint density at radius 2 is 2.00 bits per heavy atom. The highest BCUT2D eigenvalue weighted by Gasteiger charge is 2.18. The summed E-state index contributed by atoms with van der Waals surface area (Å²) in [6.45, 7) is 3.96. The number of nitrogens with two attached hydrogens (primary N) is 1. The first-order valence-electron chi connectivity index (χ1n) is 6.93. The van der Waals surface area contributed by atoms with Crippen LogP contribution >= 0.6 is 11.3 Å². The molecule has 1 unspecified atom stereocenters. The van der Waals surface area contributed by atoms with Crippen LogP contribution in [0.25, 0.3) is 0 Å². The molecule has 1 aromatic heterocycles. The quantitative estimate of drug-likeness (QED) is 0.791. The fourth-order valence-electron chi connectivity index (χ4n) is 2.16. The third kappa shape index (κ3) is 4.08. The molecule has 5 nitrogen and oxygen atoms in total. The fourth-order valence-corrected chi connectivity index (χ4v) is 2.94. The molecule has 6 heteroatoms. The molecule has 3 amide bonds. The third-order valence-electron chi connectivity index (χ3n) is 3.47. The van der Waals surface area contributed by atoms with E-state index < -0.39 is 12.1 Å². The maximum atomic E-state index is 12.3. The van der Waals surface area contributed by atoms with Gasteiger partial charge in [0.25, 0.3) is 0 Å². The van der Waals surface area contributed by atoms with Crippen molar-refractivity contribution in [2.75, 3.05) is 5.32 Å². The number of nitrogens with one attached hydrogen (secondary N) is 2. The van der Waals surface area contributed by atoms with Gasteiger partial charge in [0.2, 0.25) is 5.91 Å². The molecule has 0 saturated carbocycles. The van der Waals surface area contributed by atoms with Crippen molar-refractivity contribution in [1.82, 2.24) is 5.32 Å². The van der Waals surface area contributed by atoms with Crippen molar-refractivity contribution in [1.29, 1.82) is 0 Å². The highest BCUT2D eigenvalue weighted by Crippen LogP contribution is 2.23. The number of hydrogen-bond donors (Lipinski definition) is 3. The molecule has 116 valence electrons. The average molecular weight is 317 g/mol. The minimum atomic E-state index is -0.641. The van der Waals surface area contributed by atoms with Crippen molar-refractivity contribution >= 4 is 29.0 Å².